The van der Waals surface area contributed by atoms with Gasteiger partial charge in [0.1, 0.15) is 24.0 Å². The van der Waals surface area contributed by atoms with Crippen molar-refractivity contribution in [2.24, 2.45) is 11.8 Å². The first-order chi connectivity index (χ1) is 13.9. The number of aromatic hydroxyl groups is 1. The van der Waals surface area contributed by atoms with Crippen molar-refractivity contribution >= 4 is 11.9 Å². The van der Waals surface area contributed by atoms with Gasteiger partial charge in [0, 0.05) is 12.5 Å². The van der Waals surface area contributed by atoms with Crippen LogP contribution in [0.4, 0.5) is 0 Å². The Morgan fingerprint density at radius 1 is 1.31 bits per heavy atom. The molecule has 1 aliphatic rings. The molecule has 1 aliphatic heterocycles. The van der Waals surface area contributed by atoms with Crippen LogP contribution >= 0.6 is 0 Å². The SMILES string of the molecule is C=CCOC(=O)/C=C/CC1C[C@@H](C)[C@@H](C)C/C=C/Cc2cccc(O)c2C(=O)O1. The Morgan fingerprint density at radius 3 is 2.86 bits per heavy atom. The van der Waals surface area contributed by atoms with E-state index in [1.165, 1.54) is 18.2 Å². The predicted octanol–water partition coefficient (Wildman–Crippen LogP) is 4.76. The number of phenolic OH excluding ortho intramolecular Hbond substituents is 1. The van der Waals surface area contributed by atoms with E-state index in [2.05, 4.69) is 26.5 Å². The molecule has 1 heterocycles. The molecule has 0 fully saturated rings. The molecule has 1 aromatic carbocycles. The molecular formula is C24H30O5. The van der Waals surface area contributed by atoms with Crippen LogP contribution in [0.5, 0.6) is 5.75 Å². The molecule has 0 aromatic heterocycles. The highest BCUT2D eigenvalue weighted by Crippen LogP contribution is 2.28. The second-order valence-corrected chi connectivity index (χ2v) is 7.50. The molecule has 3 atom stereocenters. The second-order valence-electron chi connectivity index (χ2n) is 7.50. The van der Waals surface area contributed by atoms with Crippen molar-refractivity contribution in [3.8, 4) is 5.75 Å². The molecule has 0 spiro atoms. The number of hydrogen-bond donors (Lipinski definition) is 1. The van der Waals surface area contributed by atoms with E-state index < -0.39 is 18.0 Å². The van der Waals surface area contributed by atoms with Crippen LogP contribution < -0.4 is 0 Å². The second kappa shape index (κ2) is 11.2. The number of phenols is 1. The smallest absolute Gasteiger partial charge is 0.342 e. The van der Waals surface area contributed by atoms with Gasteiger partial charge < -0.3 is 14.6 Å². The van der Waals surface area contributed by atoms with Crippen molar-refractivity contribution in [3.05, 3.63) is 66.3 Å². The molecule has 0 saturated carbocycles. The summed E-state index contributed by atoms with van der Waals surface area (Å²) >= 11 is 0. The van der Waals surface area contributed by atoms with Crippen molar-refractivity contribution in [3.63, 3.8) is 0 Å². The van der Waals surface area contributed by atoms with Crippen LogP contribution in [-0.2, 0) is 20.7 Å². The van der Waals surface area contributed by atoms with Crippen LogP contribution in [-0.4, -0.2) is 29.8 Å². The minimum atomic E-state index is -0.542. The fraction of sp³-hybridized carbons (Fsp3) is 0.417. The van der Waals surface area contributed by atoms with Crippen molar-refractivity contribution in [1.82, 2.24) is 0 Å². The Morgan fingerprint density at radius 2 is 2.10 bits per heavy atom. The largest absolute Gasteiger partial charge is 0.507 e. The van der Waals surface area contributed by atoms with Gasteiger partial charge in [0.25, 0.3) is 0 Å². The predicted molar refractivity (Wildman–Crippen MR) is 113 cm³/mol. The Kier molecular flexibility index (Phi) is 8.71. The number of ether oxygens (including phenoxy) is 2. The quantitative estimate of drug-likeness (QED) is 0.440. The topological polar surface area (TPSA) is 72.8 Å². The fourth-order valence-electron chi connectivity index (χ4n) is 3.30. The van der Waals surface area contributed by atoms with Crippen molar-refractivity contribution in [1.29, 1.82) is 0 Å². The molecular weight excluding hydrogens is 368 g/mol. The first kappa shape index (κ1) is 22.5. The molecule has 29 heavy (non-hydrogen) atoms. The van der Waals surface area contributed by atoms with E-state index in [0.29, 0.717) is 31.1 Å². The molecule has 5 nitrogen and oxygen atoms in total. The Balaban J connectivity index is 2.22. The third-order valence-corrected chi connectivity index (χ3v) is 5.22. The Labute approximate surface area is 172 Å². The maximum absolute atomic E-state index is 12.8. The zero-order chi connectivity index (χ0) is 21.2. The zero-order valence-corrected chi connectivity index (χ0v) is 17.2. The van der Waals surface area contributed by atoms with Crippen molar-refractivity contribution in [2.75, 3.05) is 6.61 Å². The standard InChI is InChI=1S/C24H30O5/c1-4-15-28-22(26)14-8-12-20-16-18(3)17(2)9-5-6-10-19-11-7-13-21(25)23(19)24(27)29-20/h4-8,11,13-14,17-18,20,25H,1,9-10,12,15-16H2,2-3H3/b6-5+,14-8+/t17-,18+,20?/m0/s1. The number of benzene rings is 1. The van der Waals surface area contributed by atoms with Gasteiger partial charge in [-0.25, -0.2) is 9.59 Å². The first-order valence-electron chi connectivity index (χ1n) is 10.0. The maximum Gasteiger partial charge on any atom is 0.342 e. The average Bonchev–Trinajstić information content (AvgIpc) is 2.68. The van der Waals surface area contributed by atoms with Gasteiger partial charge in [0.2, 0.25) is 0 Å². The lowest BCUT2D eigenvalue weighted by Crippen LogP contribution is -2.24. The van der Waals surface area contributed by atoms with Crippen LogP contribution in [0.2, 0.25) is 0 Å². The summed E-state index contributed by atoms with van der Waals surface area (Å²) < 4.78 is 10.7. The van der Waals surface area contributed by atoms with Gasteiger partial charge >= 0.3 is 11.9 Å². The van der Waals surface area contributed by atoms with Gasteiger partial charge in [-0.1, -0.05) is 56.9 Å². The molecule has 0 radical (unpaired) electrons. The molecule has 0 bridgehead atoms. The monoisotopic (exact) mass is 398 g/mol. The van der Waals surface area contributed by atoms with Crippen LogP contribution in [0.1, 0.15) is 49.0 Å². The molecule has 2 rings (SSSR count). The van der Waals surface area contributed by atoms with Crippen molar-refractivity contribution in [2.45, 2.75) is 45.6 Å². The van der Waals surface area contributed by atoms with Gasteiger partial charge in [-0.3, -0.25) is 0 Å². The number of esters is 2. The maximum atomic E-state index is 12.8. The summed E-state index contributed by atoms with van der Waals surface area (Å²) in [5.41, 5.74) is 0.938. The highest BCUT2D eigenvalue weighted by Gasteiger charge is 2.24. The third-order valence-electron chi connectivity index (χ3n) is 5.22. The van der Waals surface area contributed by atoms with Gasteiger partial charge in [-0.2, -0.15) is 0 Å². The van der Waals surface area contributed by atoms with Crippen LogP contribution in [0.25, 0.3) is 0 Å². The van der Waals surface area contributed by atoms with Gasteiger partial charge in [0.05, 0.1) is 0 Å². The highest BCUT2D eigenvalue weighted by atomic mass is 16.5. The molecule has 1 unspecified atom stereocenters. The Hall–Kier alpha value is -2.82. The van der Waals surface area contributed by atoms with E-state index in [1.807, 2.05) is 12.1 Å². The summed E-state index contributed by atoms with van der Waals surface area (Å²) in [6, 6.07) is 5.04. The minimum absolute atomic E-state index is 0.0818. The Bertz CT molecular complexity index is 777. The zero-order valence-electron chi connectivity index (χ0n) is 17.2. The van der Waals surface area contributed by atoms with Crippen LogP contribution in [0.3, 0.4) is 0 Å². The summed E-state index contributed by atoms with van der Waals surface area (Å²) in [4.78, 5) is 24.5. The van der Waals surface area contributed by atoms with E-state index in [4.69, 9.17) is 9.47 Å². The van der Waals surface area contributed by atoms with Crippen molar-refractivity contribution < 1.29 is 24.2 Å². The van der Waals surface area contributed by atoms with E-state index in [-0.39, 0.29) is 17.9 Å². The molecule has 1 aromatic rings. The minimum Gasteiger partial charge on any atom is -0.507 e. The van der Waals surface area contributed by atoms with Gasteiger partial charge in [0.15, 0.2) is 0 Å². The number of cyclic esters (lactones) is 1. The number of fused-ring (bicyclic) bond motifs is 1. The summed E-state index contributed by atoms with van der Waals surface area (Å²) in [6.45, 7) is 7.97. The average molecular weight is 398 g/mol. The molecule has 5 heteroatoms. The van der Waals surface area contributed by atoms with Gasteiger partial charge in [-0.15, -0.1) is 0 Å². The molecule has 1 N–H and O–H groups in total. The molecule has 0 saturated heterocycles. The lowest BCUT2D eigenvalue weighted by Gasteiger charge is -2.25. The fourth-order valence-corrected chi connectivity index (χ4v) is 3.30. The number of carbonyl (C=O) groups excluding carboxylic acids is 2. The number of allylic oxidation sites excluding steroid dienone is 2. The molecule has 156 valence electrons. The van der Waals surface area contributed by atoms with E-state index in [0.717, 1.165) is 12.0 Å². The number of rotatable bonds is 5. The normalized spacial score (nSPS) is 23.9. The summed E-state index contributed by atoms with van der Waals surface area (Å²) in [6.07, 6.45) is 10.8. The number of carbonyl (C=O) groups is 2. The first-order valence-corrected chi connectivity index (χ1v) is 10.0. The van der Waals surface area contributed by atoms with Gasteiger partial charge in [-0.05, 0) is 42.7 Å². The lowest BCUT2D eigenvalue weighted by atomic mass is 9.87. The molecule has 0 aliphatic carbocycles. The summed E-state index contributed by atoms with van der Waals surface area (Å²) in [5, 5.41) is 10.2. The van der Waals surface area contributed by atoms with E-state index in [1.54, 1.807) is 12.1 Å². The van der Waals surface area contributed by atoms with E-state index in [9.17, 15) is 14.7 Å². The highest BCUT2D eigenvalue weighted by molar-refractivity contribution is 5.94. The van der Waals surface area contributed by atoms with E-state index >= 15 is 0 Å². The molecule has 0 amide bonds. The number of hydrogen-bond acceptors (Lipinski definition) is 5. The third kappa shape index (κ3) is 6.93. The van der Waals surface area contributed by atoms with Crippen LogP contribution in [0, 0.1) is 11.8 Å². The summed E-state index contributed by atoms with van der Waals surface area (Å²) in [5.74, 6) is -0.334. The van der Waals surface area contributed by atoms with Crippen LogP contribution in [0.15, 0.2) is 55.2 Å². The lowest BCUT2D eigenvalue weighted by molar-refractivity contribution is -0.136. The summed E-state index contributed by atoms with van der Waals surface area (Å²) in [7, 11) is 0.